The maximum absolute atomic E-state index is 6.59. The van der Waals surface area contributed by atoms with Gasteiger partial charge in [0.25, 0.3) is 0 Å². The predicted molar refractivity (Wildman–Crippen MR) is 253 cm³/mol. The third kappa shape index (κ3) is 6.44. The van der Waals surface area contributed by atoms with Crippen LogP contribution >= 0.6 is 0 Å². The van der Waals surface area contributed by atoms with Gasteiger partial charge in [-0.2, -0.15) is 0 Å². The van der Waals surface area contributed by atoms with Crippen LogP contribution in [0.3, 0.4) is 0 Å². The molecule has 3 unspecified atom stereocenters. The number of furan rings is 1. The van der Waals surface area contributed by atoms with E-state index < -0.39 is 6.17 Å². The number of rotatable bonds is 5. The molecule has 4 aliphatic heterocycles. The lowest BCUT2D eigenvalue weighted by molar-refractivity contribution is 0.545. The van der Waals surface area contributed by atoms with Crippen LogP contribution in [0.4, 0.5) is 0 Å². The van der Waals surface area contributed by atoms with Gasteiger partial charge < -0.3 is 14.7 Å². The van der Waals surface area contributed by atoms with Crippen molar-refractivity contribution in [2.24, 2.45) is 25.9 Å². The summed E-state index contributed by atoms with van der Waals surface area (Å²) in [5.41, 5.74) is 14.4. The fraction of sp³-hybridized carbons (Fsp3) is 0.0714. The average Bonchev–Trinajstić information content (AvgIpc) is 3.73. The molecule has 0 spiro atoms. The van der Waals surface area contributed by atoms with Gasteiger partial charge in [-0.3, -0.25) is 9.98 Å². The predicted octanol–water partition coefficient (Wildman–Crippen LogP) is 13.4. The maximum Gasteiger partial charge on any atom is 0.155 e. The number of hydrogen-bond donors (Lipinski definition) is 0. The van der Waals surface area contributed by atoms with Crippen LogP contribution in [0.15, 0.2) is 225 Å². The van der Waals surface area contributed by atoms with E-state index in [0.717, 1.165) is 84.4 Å². The Hall–Kier alpha value is -7.96. The summed E-state index contributed by atoms with van der Waals surface area (Å²) in [6, 6.07) is 69.9. The summed E-state index contributed by atoms with van der Waals surface area (Å²) in [6.07, 6.45) is 0.243. The smallest absolute Gasteiger partial charge is 0.155 e. The van der Waals surface area contributed by atoms with Gasteiger partial charge in [0.15, 0.2) is 5.84 Å². The minimum absolute atomic E-state index is 0.0651. The van der Waals surface area contributed by atoms with Crippen LogP contribution in [-0.4, -0.2) is 23.2 Å². The first-order chi connectivity index (χ1) is 30.7. The number of aliphatic imine (C=N–C) groups is 4. The molecule has 62 heavy (non-hydrogen) atoms. The van der Waals surface area contributed by atoms with Gasteiger partial charge in [-0.1, -0.05) is 182 Å². The van der Waals surface area contributed by atoms with E-state index in [4.69, 9.17) is 29.7 Å². The fourth-order valence-electron chi connectivity index (χ4n) is 9.15. The Kier molecular flexibility index (Phi) is 8.66. The molecule has 5 heterocycles. The summed E-state index contributed by atoms with van der Waals surface area (Å²) in [6.45, 7) is 0. The zero-order valence-electron chi connectivity index (χ0n) is 33.6. The van der Waals surface area contributed by atoms with Crippen molar-refractivity contribution >= 4 is 45.2 Å². The normalized spacial score (nSPS) is 18.0. The van der Waals surface area contributed by atoms with Gasteiger partial charge in [0.2, 0.25) is 0 Å². The zero-order valence-corrected chi connectivity index (χ0v) is 33.6. The summed E-state index contributed by atoms with van der Waals surface area (Å²) in [4.78, 5) is 21.5. The summed E-state index contributed by atoms with van der Waals surface area (Å²) < 4.78 is 6.59. The van der Waals surface area contributed by atoms with Gasteiger partial charge in [0.1, 0.15) is 11.2 Å². The van der Waals surface area contributed by atoms with Crippen molar-refractivity contribution in [3.05, 3.63) is 244 Å². The molecule has 1 aromatic heterocycles. The van der Waals surface area contributed by atoms with Gasteiger partial charge in [0.05, 0.1) is 23.8 Å². The monoisotopic (exact) mass is 796 g/mol. The SMILES string of the molecule is c1ccc(-c2ccc(C3=NC(c4ccccc4)C4Cc5ccc(cc5)C5=NC(=NC(c6ccc(-c7ccccc7)cc6)[N-]5)c5cccc6oc7ccc(cc7c56)C4=N3)cc2)cc1. The van der Waals surface area contributed by atoms with E-state index in [9.17, 15) is 0 Å². The van der Waals surface area contributed by atoms with Crippen LogP contribution in [0.25, 0.3) is 49.5 Å². The van der Waals surface area contributed by atoms with Crippen molar-refractivity contribution < 1.29 is 4.42 Å². The second-order valence-corrected chi connectivity index (χ2v) is 16.1. The summed E-state index contributed by atoms with van der Waals surface area (Å²) in [5.74, 6) is 1.92. The number of amidine groups is 3. The number of nitrogens with zero attached hydrogens (tertiary/aromatic N) is 5. The molecule has 13 rings (SSSR count). The molecule has 9 aromatic rings. The Bertz CT molecular complexity index is 3260. The quantitative estimate of drug-likeness (QED) is 0.171. The number of hydrogen-bond acceptors (Lipinski definition) is 5. The second kappa shape index (κ2) is 14.9. The maximum atomic E-state index is 6.59. The van der Waals surface area contributed by atoms with Crippen molar-refractivity contribution in [3.8, 4) is 22.3 Å². The Morgan fingerprint density at radius 3 is 1.77 bits per heavy atom. The fourth-order valence-corrected chi connectivity index (χ4v) is 9.15. The number of benzene rings is 8. The molecule has 6 nitrogen and oxygen atoms in total. The Balaban J connectivity index is 1.03. The number of fused-ring (bicyclic) bond motifs is 2. The van der Waals surface area contributed by atoms with Gasteiger partial charge in [-0.25, -0.2) is 4.99 Å². The highest BCUT2D eigenvalue weighted by atomic mass is 16.3. The van der Waals surface area contributed by atoms with Crippen LogP contribution in [0.5, 0.6) is 0 Å². The van der Waals surface area contributed by atoms with E-state index in [-0.39, 0.29) is 12.0 Å². The highest BCUT2D eigenvalue weighted by Crippen LogP contribution is 2.41. The van der Waals surface area contributed by atoms with Crippen LogP contribution in [0.1, 0.15) is 51.2 Å². The first-order valence-electron chi connectivity index (χ1n) is 21.1. The molecule has 0 aliphatic carbocycles. The molecule has 0 saturated heterocycles. The Morgan fingerprint density at radius 1 is 0.452 bits per heavy atom. The van der Waals surface area contributed by atoms with E-state index >= 15 is 0 Å². The first-order valence-corrected chi connectivity index (χ1v) is 21.1. The van der Waals surface area contributed by atoms with E-state index in [2.05, 4.69) is 176 Å². The van der Waals surface area contributed by atoms with Crippen LogP contribution in [-0.2, 0) is 6.42 Å². The van der Waals surface area contributed by atoms with Crippen molar-refractivity contribution in [1.29, 1.82) is 0 Å². The van der Waals surface area contributed by atoms with Crippen LogP contribution < -0.4 is 0 Å². The molecule has 0 radical (unpaired) electrons. The standard InChI is InChI=1S/C56H38N5O/c1-4-11-36(12-5-1)38-23-27-42(28-24-38)53-57-51(40-15-8-3-9-16-40)47-33-35-19-21-41(22-20-35)54-59-55(43-29-25-39(26-30-43)37-13-6-2-7-14-37)61-56(60-54)45-17-10-18-49-50(45)46-34-44(52(47)58-53)31-32-48(46)62-49/h1-32,34,47,51,55H,33H2/q-1. The summed E-state index contributed by atoms with van der Waals surface area (Å²) >= 11 is 0. The summed E-state index contributed by atoms with van der Waals surface area (Å²) in [5, 5.41) is 7.15. The third-order valence-electron chi connectivity index (χ3n) is 12.3. The van der Waals surface area contributed by atoms with Crippen molar-refractivity contribution in [2.45, 2.75) is 18.6 Å². The largest absolute Gasteiger partial charge is 0.456 e. The molecule has 294 valence electrons. The lowest BCUT2D eigenvalue weighted by Gasteiger charge is -2.33. The zero-order chi connectivity index (χ0) is 41.0. The molecule has 0 N–H and O–H groups in total. The molecule has 0 amide bonds. The minimum atomic E-state index is -0.483. The van der Waals surface area contributed by atoms with E-state index in [1.807, 2.05) is 24.3 Å². The third-order valence-corrected chi connectivity index (χ3v) is 12.3. The lowest BCUT2D eigenvalue weighted by Crippen LogP contribution is -2.30. The Morgan fingerprint density at radius 2 is 1.06 bits per heavy atom. The van der Waals surface area contributed by atoms with Gasteiger partial charge >= 0.3 is 0 Å². The molecule has 8 aromatic carbocycles. The minimum Gasteiger partial charge on any atom is -0.456 e. The van der Waals surface area contributed by atoms with Crippen LogP contribution in [0, 0.1) is 5.92 Å². The average molecular weight is 797 g/mol. The highest BCUT2D eigenvalue weighted by molar-refractivity contribution is 6.25. The molecule has 3 atom stereocenters. The Labute approximate surface area is 359 Å². The highest BCUT2D eigenvalue weighted by Gasteiger charge is 2.34. The first kappa shape index (κ1) is 35.9. The summed E-state index contributed by atoms with van der Waals surface area (Å²) in [7, 11) is 0. The molecular weight excluding hydrogens is 759 g/mol. The van der Waals surface area contributed by atoms with Crippen molar-refractivity contribution in [1.82, 2.24) is 0 Å². The van der Waals surface area contributed by atoms with E-state index in [0.29, 0.717) is 11.7 Å². The topological polar surface area (TPSA) is 76.7 Å². The van der Waals surface area contributed by atoms with Gasteiger partial charge in [-0.15, -0.1) is 0 Å². The van der Waals surface area contributed by atoms with Crippen molar-refractivity contribution in [3.63, 3.8) is 0 Å². The molecular formula is C56H38N5O-. The molecule has 0 saturated carbocycles. The van der Waals surface area contributed by atoms with Crippen LogP contribution in [0.2, 0.25) is 0 Å². The molecule has 4 aliphatic rings. The molecule has 6 bridgehead atoms. The lowest BCUT2D eigenvalue weighted by atomic mass is 9.80. The van der Waals surface area contributed by atoms with E-state index in [1.54, 1.807) is 0 Å². The second-order valence-electron chi connectivity index (χ2n) is 16.1. The van der Waals surface area contributed by atoms with Gasteiger partial charge in [-0.05, 0) is 80.8 Å². The molecule has 0 fully saturated rings. The van der Waals surface area contributed by atoms with Crippen molar-refractivity contribution in [2.75, 3.05) is 0 Å². The van der Waals surface area contributed by atoms with Gasteiger partial charge in [0, 0.05) is 27.8 Å². The molecule has 6 heteroatoms. The van der Waals surface area contributed by atoms with E-state index in [1.165, 1.54) is 16.7 Å².